The quantitative estimate of drug-likeness (QED) is 0.562. The number of para-hydroxylation sites is 2. The maximum absolute atomic E-state index is 12.4. The van der Waals surface area contributed by atoms with E-state index in [1.54, 1.807) is 31.3 Å². The Kier molecular flexibility index (Phi) is 5.47. The molecule has 0 amide bonds. The maximum atomic E-state index is 12.4. The van der Waals surface area contributed by atoms with Gasteiger partial charge in [-0.3, -0.25) is 4.79 Å². The van der Waals surface area contributed by atoms with Crippen LogP contribution in [-0.2, 0) is 9.53 Å². The first-order chi connectivity index (χ1) is 13.6. The Morgan fingerprint density at radius 3 is 2.64 bits per heavy atom. The molecular formula is C20H22N2O5S. The van der Waals surface area contributed by atoms with E-state index in [1.807, 2.05) is 6.07 Å². The summed E-state index contributed by atoms with van der Waals surface area (Å²) >= 11 is 1.34. The van der Waals surface area contributed by atoms with Crippen LogP contribution in [0, 0.1) is 0 Å². The first kappa shape index (κ1) is 18.7. The number of rotatable bonds is 5. The first-order valence-corrected chi connectivity index (χ1v) is 10.3. The molecule has 0 unspecified atom stereocenters. The van der Waals surface area contributed by atoms with Gasteiger partial charge in [0.1, 0.15) is 6.10 Å². The number of Topliss-reactive ketones (excluding diaryl/α,β-unsaturated/α-hetero) is 1. The van der Waals surface area contributed by atoms with Gasteiger partial charge in [-0.2, -0.15) is 0 Å². The number of carbonyl (C=O) groups excluding carboxylic acids is 2. The van der Waals surface area contributed by atoms with Gasteiger partial charge in [0.15, 0.2) is 23.2 Å². The topological polar surface area (TPSA) is 78.0 Å². The Balaban J connectivity index is 1.33. The van der Waals surface area contributed by atoms with E-state index in [4.69, 9.17) is 14.2 Å². The molecule has 1 aromatic carbocycles. The molecule has 0 N–H and O–H groups in total. The standard InChI is InChI=1S/C20H22N2O5S/c1-13-18(27-16-8-4-3-7-15(16)26-13)19(24)25-12-14(23)17-11-21-20(28-17)22-9-5-2-6-10-22/h3-4,7-8,11,13,18H,2,5-6,9-10,12H2,1H3/t13-,18+/m1/s1. The fourth-order valence-electron chi connectivity index (χ4n) is 3.29. The van der Waals surface area contributed by atoms with Gasteiger partial charge < -0.3 is 19.1 Å². The van der Waals surface area contributed by atoms with E-state index >= 15 is 0 Å². The highest BCUT2D eigenvalue weighted by atomic mass is 32.1. The van der Waals surface area contributed by atoms with E-state index in [9.17, 15) is 9.59 Å². The van der Waals surface area contributed by atoms with Gasteiger partial charge in [-0.1, -0.05) is 23.5 Å². The summed E-state index contributed by atoms with van der Waals surface area (Å²) < 4.78 is 16.6. The van der Waals surface area contributed by atoms with Gasteiger partial charge in [0, 0.05) is 13.1 Å². The van der Waals surface area contributed by atoms with Crippen LogP contribution in [0.5, 0.6) is 11.5 Å². The minimum Gasteiger partial charge on any atom is -0.482 e. The molecule has 2 aliphatic heterocycles. The number of ketones is 1. The second kappa shape index (κ2) is 8.18. The molecule has 2 aromatic rings. The van der Waals surface area contributed by atoms with E-state index in [0.29, 0.717) is 16.4 Å². The normalized spacial score (nSPS) is 21.2. The van der Waals surface area contributed by atoms with E-state index in [1.165, 1.54) is 17.8 Å². The summed E-state index contributed by atoms with van der Waals surface area (Å²) in [6.45, 7) is 3.33. The van der Waals surface area contributed by atoms with E-state index < -0.39 is 18.2 Å². The lowest BCUT2D eigenvalue weighted by Gasteiger charge is -2.30. The molecule has 0 radical (unpaired) electrons. The van der Waals surface area contributed by atoms with Crippen LogP contribution in [0.15, 0.2) is 30.5 Å². The Labute approximate surface area is 167 Å². The summed E-state index contributed by atoms with van der Waals surface area (Å²) in [7, 11) is 0. The zero-order chi connectivity index (χ0) is 19.5. The number of esters is 1. The van der Waals surface area contributed by atoms with Crippen molar-refractivity contribution in [3.8, 4) is 11.5 Å². The third-order valence-electron chi connectivity index (χ3n) is 4.82. The van der Waals surface area contributed by atoms with Crippen LogP contribution < -0.4 is 14.4 Å². The second-order valence-electron chi connectivity index (χ2n) is 6.89. The van der Waals surface area contributed by atoms with E-state index in [-0.39, 0.29) is 12.4 Å². The van der Waals surface area contributed by atoms with Crippen molar-refractivity contribution in [3.63, 3.8) is 0 Å². The summed E-state index contributed by atoms with van der Waals surface area (Å²) in [6, 6.07) is 7.14. The number of carbonyl (C=O) groups is 2. The molecule has 148 valence electrons. The van der Waals surface area contributed by atoms with Crippen molar-refractivity contribution >= 4 is 28.2 Å². The number of hydrogen-bond donors (Lipinski definition) is 0. The van der Waals surface area contributed by atoms with Crippen LogP contribution >= 0.6 is 11.3 Å². The number of thiazole rings is 1. The van der Waals surface area contributed by atoms with Gasteiger partial charge in [-0.25, -0.2) is 9.78 Å². The third kappa shape index (κ3) is 3.96. The van der Waals surface area contributed by atoms with Crippen molar-refractivity contribution in [1.82, 2.24) is 4.98 Å². The van der Waals surface area contributed by atoms with Crippen LogP contribution in [0.3, 0.4) is 0 Å². The van der Waals surface area contributed by atoms with Crippen molar-refractivity contribution in [2.75, 3.05) is 24.6 Å². The van der Waals surface area contributed by atoms with Crippen LogP contribution in [0.4, 0.5) is 5.13 Å². The Morgan fingerprint density at radius 1 is 1.18 bits per heavy atom. The molecule has 2 atom stereocenters. The lowest BCUT2D eigenvalue weighted by molar-refractivity contribution is -0.156. The van der Waals surface area contributed by atoms with Crippen LogP contribution in [0.2, 0.25) is 0 Å². The van der Waals surface area contributed by atoms with Crippen LogP contribution in [0.25, 0.3) is 0 Å². The summed E-state index contributed by atoms with van der Waals surface area (Å²) in [5.74, 6) is 0.197. The van der Waals surface area contributed by atoms with Gasteiger partial charge in [0.05, 0.1) is 11.1 Å². The SMILES string of the molecule is C[C@H]1Oc2ccccc2O[C@@H]1C(=O)OCC(=O)c1cnc(N2CCCCC2)s1. The molecule has 8 heteroatoms. The number of nitrogens with zero attached hydrogens (tertiary/aromatic N) is 2. The maximum Gasteiger partial charge on any atom is 0.351 e. The third-order valence-corrected chi connectivity index (χ3v) is 5.91. The van der Waals surface area contributed by atoms with Crippen molar-refractivity contribution in [2.24, 2.45) is 0 Å². The molecule has 3 heterocycles. The largest absolute Gasteiger partial charge is 0.482 e. The van der Waals surface area contributed by atoms with Crippen molar-refractivity contribution < 1.29 is 23.8 Å². The molecule has 0 saturated carbocycles. The minimum atomic E-state index is -0.909. The molecule has 4 rings (SSSR count). The summed E-state index contributed by atoms with van der Waals surface area (Å²) in [5, 5.41) is 0.851. The number of ether oxygens (including phenoxy) is 3. The predicted molar refractivity (Wildman–Crippen MR) is 104 cm³/mol. The van der Waals surface area contributed by atoms with E-state index in [0.717, 1.165) is 31.1 Å². The predicted octanol–water partition coefficient (Wildman–Crippen LogP) is 3.09. The molecule has 28 heavy (non-hydrogen) atoms. The molecule has 2 aliphatic rings. The smallest absolute Gasteiger partial charge is 0.351 e. The summed E-state index contributed by atoms with van der Waals surface area (Å²) in [4.78, 5) is 31.9. The molecule has 1 saturated heterocycles. The molecular weight excluding hydrogens is 380 g/mol. The van der Waals surface area contributed by atoms with Gasteiger partial charge in [0.2, 0.25) is 11.9 Å². The first-order valence-electron chi connectivity index (χ1n) is 9.45. The highest BCUT2D eigenvalue weighted by Crippen LogP contribution is 2.33. The fraction of sp³-hybridized carbons (Fsp3) is 0.450. The average Bonchev–Trinajstić information content (AvgIpc) is 3.22. The lowest BCUT2D eigenvalue weighted by atomic mass is 10.1. The molecule has 1 aromatic heterocycles. The molecule has 0 aliphatic carbocycles. The number of anilines is 1. The van der Waals surface area contributed by atoms with Gasteiger partial charge in [-0.05, 0) is 38.3 Å². The zero-order valence-electron chi connectivity index (χ0n) is 15.6. The van der Waals surface area contributed by atoms with Crippen molar-refractivity contribution in [1.29, 1.82) is 0 Å². The van der Waals surface area contributed by atoms with E-state index in [2.05, 4.69) is 9.88 Å². The zero-order valence-corrected chi connectivity index (χ0v) is 16.4. The highest BCUT2D eigenvalue weighted by Gasteiger charge is 2.35. The fourth-order valence-corrected chi connectivity index (χ4v) is 4.19. The summed E-state index contributed by atoms with van der Waals surface area (Å²) in [6.07, 6.45) is 3.67. The monoisotopic (exact) mass is 402 g/mol. The number of hydrogen-bond acceptors (Lipinski definition) is 8. The Bertz CT molecular complexity index is 862. The number of fused-ring (bicyclic) bond motifs is 1. The number of piperidine rings is 1. The van der Waals surface area contributed by atoms with Crippen molar-refractivity contribution in [2.45, 2.75) is 38.4 Å². The van der Waals surface area contributed by atoms with Gasteiger partial charge >= 0.3 is 5.97 Å². The van der Waals surface area contributed by atoms with Crippen LogP contribution in [-0.4, -0.2) is 48.6 Å². The Hall–Kier alpha value is -2.61. The molecule has 0 bridgehead atoms. The van der Waals surface area contributed by atoms with Crippen molar-refractivity contribution in [3.05, 3.63) is 35.3 Å². The Morgan fingerprint density at radius 2 is 1.89 bits per heavy atom. The molecule has 1 fully saturated rings. The highest BCUT2D eigenvalue weighted by molar-refractivity contribution is 7.17. The second-order valence-corrected chi connectivity index (χ2v) is 7.90. The van der Waals surface area contributed by atoms with Crippen LogP contribution in [0.1, 0.15) is 35.9 Å². The average molecular weight is 402 g/mol. The number of benzene rings is 1. The minimum absolute atomic E-state index is 0.265. The lowest BCUT2D eigenvalue weighted by Crippen LogP contribution is -2.44. The van der Waals surface area contributed by atoms with Gasteiger partial charge in [0.25, 0.3) is 0 Å². The summed E-state index contributed by atoms with van der Waals surface area (Å²) in [5.41, 5.74) is 0. The molecule has 0 spiro atoms. The molecule has 7 nitrogen and oxygen atoms in total. The number of aromatic nitrogens is 1. The van der Waals surface area contributed by atoms with Gasteiger partial charge in [-0.15, -0.1) is 0 Å².